The number of phenolic OH excluding ortho intramolecular Hbond substituents is 1. The van der Waals surface area contributed by atoms with Gasteiger partial charge in [-0.15, -0.1) is 10.2 Å². The minimum Gasteiger partial charge on any atom is -0.507 e. The van der Waals surface area contributed by atoms with E-state index in [1.54, 1.807) is 18.2 Å². The Morgan fingerprint density at radius 2 is 1.66 bits per heavy atom. The molecule has 0 fully saturated rings. The molecule has 5 rings (SSSR count). The van der Waals surface area contributed by atoms with Gasteiger partial charge in [0.2, 0.25) is 0 Å². The first-order valence-corrected chi connectivity index (χ1v) is 11.0. The Morgan fingerprint density at radius 3 is 2.50 bits per heavy atom. The zero-order valence-electron chi connectivity index (χ0n) is 17.0. The number of para-hydroxylation sites is 2. The van der Waals surface area contributed by atoms with Gasteiger partial charge in [0.1, 0.15) is 11.6 Å². The molecule has 0 atom stereocenters. The quantitative estimate of drug-likeness (QED) is 0.383. The average molecular weight is 442 g/mol. The van der Waals surface area contributed by atoms with Crippen molar-refractivity contribution >= 4 is 22.7 Å². The summed E-state index contributed by atoms with van der Waals surface area (Å²) in [5.41, 5.74) is 2.20. The van der Waals surface area contributed by atoms with Crippen LogP contribution in [0.3, 0.4) is 0 Å². The Labute approximate surface area is 187 Å². The molecule has 0 unspecified atom stereocenters. The molecule has 0 aliphatic carbocycles. The first-order valence-electron chi connectivity index (χ1n) is 10.1. The van der Waals surface area contributed by atoms with E-state index in [-0.39, 0.29) is 11.3 Å². The molecule has 0 radical (unpaired) electrons. The van der Waals surface area contributed by atoms with Crippen LogP contribution >= 0.6 is 11.8 Å². The molecule has 2 heterocycles. The molecule has 2 aromatic heterocycles. The smallest absolute Gasteiger partial charge is 0.258 e. The number of H-pyrrole nitrogens is 1. The standard InChI is InChI=1S/C24H19N5O2S/c30-20-13-7-5-11-18(20)22-27-28-24(29(22)14-16-8-2-1-3-9-16)32-15-21-25-19-12-6-4-10-17(19)23(31)26-21/h1-13,30H,14-15H2,(H,25,26,31). The van der Waals surface area contributed by atoms with E-state index in [0.717, 1.165) is 5.56 Å². The van der Waals surface area contributed by atoms with Crippen molar-refractivity contribution in [1.29, 1.82) is 0 Å². The largest absolute Gasteiger partial charge is 0.507 e. The van der Waals surface area contributed by atoms with Crippen molar-refractivity contribution in [3.8, 4) is 17.1 Å². The van der Waals surface area contributed by atoms with Crippen LogP contribution in [0, 0.1) is 0 Å². The number of nitrogens with one attached hydrogen (secondary N) is 1. The molecule has 2 N–H and O–H groups in total. The molecule has 8 heteroatoms. The summed E-state index contributed by atoms with van der Waals surface area (Å²) in [6.45, 7) is 0.543. The van der Waals surface area contributed by atoms with E-state index in [9.17, 15) is 9.90 Å². The lowest BCUT2D eigenvalue weighted by Crippen LogP contribution is -2.11. The molecule has 3 aromatic carbocycles. The molecule has 0 saturated carbocycles. The molecule has 0 spiro atoms. The molecule has 32 heavy (non-hydrogen) atoms. The summed E-state index contributed by atoms with van der Waals surface area (Å²) in [6, 6.07) is 24.3. The second-order valence-electron chi connectivity index (χ2n) is 7.21. The van der Waals surface area contributed by atoms with Crippen LogP contribution in [0.2, 0.25) is 0 Å². The first kappa shape index (κ1) is 20.0. The number of phenols is 1. The number of hydrogen-bond acceptors (Lipinski definition) is 6. The van der Waals surface area contributed by atoms with Gasteiger partial charge in [-0.25, -0.2) is 4.98 Å². The number of benzene rings is 3. The fraction of sp³-hybridized carbons (Fsp3) is 0.0833. The predicted molar refractivity (Wildman–Crippen MR) is 125 cm³/mol. The second-order valence-corrected chi connectivity index (χ2v) is 8.16. The molecule has 0 aliphatic rings. The topological polar surface area (TPSA) is 96.7 Å². The van der Waals surface area contributed by atoms with E-state index >= 15 is 0 Å². The lowest BCUT2D eigenvalue weighted by atomic mass is 10.1. The molecule has 0 bridgehead atoms. The van der Waals surface area contributed by atoms with Crippen LogP contribution < -0.4 is 5.56 Å². The van der Waals surface area contributed by atoms with Gasteiger partial charge >= 0.3 is 0 Å². The summed E-state index contributed by atoms with van der Waals surface area (Å²) < 4.78 is 1.97. The Kier molecular flexibility index (Phi) is 5.43. The molecule has 5 aromatic rings. The van der Waals surface area contributed by atoms with Crippen molar-refractivity contribution in [3.05, 3.63) is 101 Å². The molecular weight excluding hydrogens is 422 g/mol. The van der Waals surface area contributed by atoms with Crippen LogP contribution in [0.25, 0.3) is 22.3 Å². The predicted octanol–water partition coefficient (Wildman–Crippen LogP) is 4.23. The number of rotatable bonds is 6. The van der Waals surface area contributed by atoms with Crippen molar-refractivity contribution in [3.63, 3.8) is 0 Å². The SMILES string of the molecule is O=c1[nH]c(CSc2nnc(-c3ccccc3O)n2Cc2ccccc2)nc2ccccc12. The van der Waals surface area contributed by atoms with Gasteiger partial charge in [0.15, 0.2) is 11.0 Å². The molecule has 0 amide bonds. The lowest BCUT2D eigenvalue weighted by Gasteiger charge is -2.11. The van der Waals surface area contributed by atoms with E-state index in [4.69, 9.17) is 0 Å². The maximum Gasteiger partial charge on any atom is 0.258 e. The van der Waals surface area contributed by atoms with Crippen molar-refractivity contribution in [1.82, 2.24) is 24.7 Å². The lowest BCUT2D eigenvalue weighted by molar-refractivity contribution is 0.476. The van der Waals surface area contributed by atoms with E-state index in [1.165, 1.54) is 11.8 Å². The minimum atomic E-state index is -0.160. The van der Waals surface area contributed by atoms with Gasteiger partial charge in [-0.2, -0.15) is 0 Å². The van der Waals surface area contributed by atoms with Gasteiger partial charge in [0.05, 0.1) is 28.8 Å². The number of thioether (sulfide) groups is 1. The summed E-state index contributed by atoms with van der Waals surface area (Å²) in [7, 11) is 0. The van der Waals surface area contributed by atoms with Gasteiger partial charge in [0.25, 0.3) is 5.56 Å². The summed E-state index contributed by atoms with van der Waals surface area (Å²) in [5.74, 6) is 1.71. The Morgan fingerprint density at radius 1 is 0.906 bits per heavy atom. The van der Waals surface area contributed by atoms with Crippen LogP contribution in [0.1, 0.15) is 11.4 Å². The Balaban J connectivity index is 1.50. The third-order valence-electron chi connectivity index (χ3n) is 5.05. The Hall–Kier alpha value is -3.91. The Bertz CT molecular complexity index is 1450. The summed E-state index contributed by atoms with van der Waals surface area (Å²) in [6.07, 6.45) is 0. The van der Waals surface area contributed by atoms with Gasteiger partial charge in [-0.1, -0.05) is 66.4 Å². The van der Waals surface area contributed by atoms with E-state index in [2.05, 4.69) is 20.2 Å². The third kappa shape index (κ3) is 4.00. The summed E-state index contributed by atoms with van der Waals surface area (Å²) in [5, 5.41) is 20.3. The number of nitrogens with zero attached hydrogens (tertiary/aromatic N) is 4. The van der Waals surface area contributed by atoms with Gasteiger partial charge in [0, 0.05) is 0 Å². The number of aromatic amines is 1. The average Bonchev–Trinajstić information content (AvgIpc) is 3.21. The van der Waals surface area contributed by atoms with Gasteiger partial charge in [-0.3, -0.25) is 9.36 Å². The van der Waals surface area contributed by atoms with Crippen molar-refractivity contribution in [2.75, 3.05) is 0 Å². The molecule has 0 saturated heterocycles. The highest BCUT2D eigenvalue weighted by molar-refractivity contribution is 7.98. The van der Waals surface area contributed by atoms with Crippen LogP contribution in [0.4, 0.5) is 0 Å². The molecule has 158 valence electrons. The number of hydrogen-bond donors (Lipinski definition) is 2. The summed E-state index contributed by atoms with van der Waals surface area (Å²) >= 11 is 1.43. The van der Waals surface area contributed by atoms with E-state index in [1.807, 2.05) is 65.2 Å². The van der Waals surface area contributed by atoms with E-state index in [0.29, 0.717) is 45.6 Å². The van der Waals surface area contributed by atoms with E-state index < -0.39 is 0 Å². The maximum absolute atomic E-state index is 12.4. The molecule has 7 nitrogen and oxygen atoms in total. The number of fused-ring (bicyclic) bond motifs is 1. The normalized spacial score (nSPS) is 11.1. The van der Waals surface area contributed by atoms with Crippen molar-refractivity contribution in [2.45, 2.75) is 17.5 Å². The van der Waals surface area contributed by atoms with Crippen LogP contribution in [-0.2, 0) is 12.3 Å². The number of aromatic hydroxyl groups is 1. The zero-order valence-corrected chi connectivity index (χ0v) is 17.8. The fourth-order valence-electron chi connectivity index (χ4n) is 3.50. The summed E-state index contributed by atoms with van der Waals surface area (Å²) in [4.78, 5) is 19.8. The first-order chi connectivity index (χ1) is 15.7. The fourth-order valence-corrected chi connectivity index (χ4v) is 4.31. The molecule has 0 aliphatic heterocycles. The second kappa shape index (κ2) is 8.68. The maximum atomic E-state index is 12.4. The van der Waals surface area contributed by atoms with Crippen LogP contribution in [0.5, 0.6) is 5.75 Å². The highest BCUT2D eigenvalue weighted by Gasteiger charge is 2.18. The third-order valence-corrected chi connectivity index (χ3v) is 6.02. The number of aromatic nitrogens is 5. The highest BCUT2D eigenvalue weighted by Crippen LogP contribution is 2.31. The van der Waals surface area contributed by atoms with Crippen LogP contribution in [-0.4, -0.2) is 29.8 Å². The minimum absolute atomic E-state index is 0.145. The van der Waals surface area contributed by atoms with Crippen LogP contribution in [0.15, 0.2) is 88.8 Å². The van der Waals surface area contributed by atoms with Gasteiger partial charge < -0.3 is 10.1 Å². The highest BCUT2D eigenvalue weighted by atomic mass is 32.2. The van der Waals surface area contributed by atoms with Crippen molar-refractivity contribution in [2.24, 2.45) is 0 Å². The monoisotopic (exact) mass is 441 g/mol. The molecular formula is C24H19N5O2S. The van der Waals surface area contributed by atoms with Crippen molar-refractivity contribution < 1.29 is 5.11 Å². The van der Waals surface area contributed by atoms with Gasteiger partial charge in [-0.05, 0) is 29.8 Å². The zero-order chi connectivity index (χ0) is 21.9.